The van der Waals surface area contributed by atoms with Crippen LogP contribution in [0.15, 0.2) is 212 Å². The Morgan fingerprint density at radius 1 is 0.597 bits per heavy atom. The van der Waals surface area contributed by atoms with Crippen LogP contribution >= 0.6 is 0 Å². The monoisotopic (exact) mass is 864 g/mol. The topological polar surface area (TPSA) is 6.48 Å². The molecule has 2 heteroatoms. The molecule has 6 atom stereocenters. The van der Waals surface area contributed by atoms with Gasteiger partial charge in [0.25, 0.3) is 0 Å². The molecule has 7 aliphatic rings. The van der Waals surface area contributed by atoms with Crippen molar-refractivity contribution in [2.45, 2.75) is 87.0 Å². The maximum Gasteiger partial charge on any atom is 0.0650 e. The first-order valence-corrected chi connectivity index (χ1v) is 25.1. The average Bonchev–Trinajstić information content (AvgIpc) is 3.97. The number of anilines is 4. The second-order valence-corrected chi connectivity index (χ2v) is 20.8. The van der Waals surface area contributed by atoms with E-state index in [2.05, 4.69) is 224 Å². The van der Waals surface area contributed by atoms with Crippen molar-refractivity contribution in [3.05, 3.63) is 256 Å². The molecule has 326 valence electrons. The van der Waals surface area contributed by atoms with E-state index in [1.807, 2.05) is 0 Å². The minimum Gasteiger partial charge on any atom is -0.333 e. The lowest BCUT2D eigenvalue weighted by atomic mass is 9.63. The third-order valence-electron chi connectivity index (χ3n) is 17.4. The van der Waals surface area contributed by atoms with Gasteiger partial charge in [0.15, 0.2) is 0 Å². The van der Waals surface area contributed by atoms with E-state index in [4.69, 9.17) is 0 Å². The molecule has 0 amide bonds. The number of nitrogens with zero attached hydrogens (tertiary/aromatic N) is 2. The van der Waals surface area contributed by atoms with Gasteiger partial charge in [0.1, 0.15) is 0 Å². The van der Waals surface area contributed by atoms with Crippen LogP contribution < -0.4 is 9.80 Å². The lowest BCUT2D eigenvalue weighted by Crippen LogP contribution is -2.35. The molecule has 6 aliphatic carbocycles. The van der Waals surface area contributed by atoms with Crippen LogP contribution in [-0.4, -0.2) is 6.04 Å². The number of rotatable bonds is 5. The predicted molar refractivity (Wildman–Crippen MR) is 278 cm³/mol. The molecule has 7 aromatic carbocycles. The highest BCUT2D eigenvalue weighted by atomic mass is 15.2. The summed E-state index contributed by atoms with van der Waals surface area (Å²) in [6.45, 7) is 4.85. The summed E-state index contributed by atoms with van der Waals surface area (Å²) in [6, 6.07) is 65.2. The van der Waals surface area contributed by atoms with Gasteiger partial charge in [-0.05, 0) is 140 Å². The van der Waals surface area contributed by atoms with Crippen LogP contribution in [0.2, 0.25) is 0 Å². The smallest absolute Gasteiger partial charge is 0.0650 e. The Kier molecular flexibility index (Phi) is 8.68. The summed E-state index contributed by atoms with van der Waals surface area (Å²) < 4.78 is 0. The van der Waals surface area contributed by atoms with Gasteiger partial charge in [0.2, 0.25) is 0 Å². The first kappa shape index (κ1) is 39.3. The normalized spacial score (nSPS) is 25.3. The Bertz CT molecular complexity index is 3270. The van der Waals surface area contributed by atoms with Crippen LogP contribution in [0.4, 0.5) is 22.7 Å². The minimum atomic E-state index is -0.183. The van der Waals surface area contributed by atoms with Crippen molar-refractivity contribution < 1.29 is 0 Å². The highest BCUT2D eigenvalue weighted by molar-refractivity contribution is 5.94. The van der Waals surface area contributed by atoms with Crippen molar-refractivity contribution >= 4 is 28.3 Å². The number of allylic oxidation sites excluding steroid dienone is 6. The predicted octanol–water partition coefficient (Wildman–Crippen LogP) is 16.4. The van der Waals surface area contributed by atoms with Crippen molar-refractivity contribution in [2.75, 3.05) is 9.80 Å². The van der Waals surface area contributed by atoms with Gasteiger partial charge in [-0.25, -0.2) is 0 Å². The molecule has 0 aromatic heterocycles. The van der Waals surface area contributed by atoms with Crippen LogP contribution in [0.3, 0.4) is 0 Å². The van der Waals surface area contributed by atoms with Crippen LogP contribution in [0.25, 0.3) is 16.7 Å². The van der Waals surface area contributed by atoms with Crippen LogP contribution in [0.5, 0.6) is 0 Å². The molecule has 7 aromatic rings. The van der Waals surface area contributed by atoms with Gasteiger partial charge in [-0.1, -0.05) is 191 Å². The van der Waals surface area contributed by atoms with Crippen molar-refractivity contribution in [3.63, 3.8) is 0 Å². The first-order valence-electron chi connectivity index (χ1n) is 25.1. The van der Waals surface area contributed by atoms with Gasteiger partial charge in [-0.2, -0.15) is 0 Å². The molecule has 2 nitrogen and oxygen atoms in total. The molecule has 0 bridgehead atoms. The molecule has 5 unspecified atom stereocenters. The highest BCUT2D eigenvalue weighted by Crippen LogP contribution is 2.68. The molecule has 1 spiro atoms. The van der Waals surface area contributed by atoms with Gasteiger partial charge in [-0.15, -0.1) is 0 Å². The van der Waals surface area contributed by atoms with Crippen molar-refractivity contribution in [2.24, 2.45) is 5.92 Å². The average molecular weight is 865 g/mol. The molecule has 14 rings (SSSR count). The zero-order chi connectivity index (χ0) is 44.4. The van der Waals surface area contributed by atoms with Crippen molar-refractivity contribution in [1.29, 1.82) is 0 Å². The second kappa shape index (κ2) is 14.8. The molecule has 0 N–H and O–H groups in total. The standard InChI is InChI=1S/C65H56N2/c1-64(2)53-27-13-9-24-49(53)51-26-17-34-61(63(51)64)67(60-33-18-32-59-62(60)52-25-12-16-31-58(52)66(59)44-19-5-3-6-20-44)45-38-35-42(36-39-45)43-37-40-50-48-23-11-15-30-56(48)65(57(50)41-43)54-28-8-4-7-21-46(54)47-22-10-14-29-55(47)65/h3,5-6,9-20,22-27,29-36,38-41,43,46,54,59,62H,4,7-8,21,28,37H2,1-2H3/t43?,46?,54?,59?,62?,65-/m1/s1. The maximum atomic E-state index is 2.74. The van der Waals surface area contributed by atoms with Gasteiger partial charge in [-0.3, -0.25) is 0 Å². The van der Waals surface area contributed by atoms with E-state index in [9.17, 15) is 0 Å². The lowest BCUT2D eigenvalue weighted by Gasteiger charge is -2.39. The zero-order valence-electron chi connectivity index (χ0n) is 38.6. The lowest BCUT2D eigenvalue weighted by molar-refractivity contribution is 0.332. The number of benzene rings is 7. The molecule has 1 fully saturated rings. The summed E-state index contributed by atoms with van der Waals surface area (Å²) in [5, 5.41) is 0. The zero-order valence-corrected chi connectivity index (χ0v) is 38.6. The first-order chi connectivity index (χ1) is 33.0. The summed E-state index contributed by atoms with van der Waals surface area (Å²) in [4.78, 5) is 5.21. The van der Waals surface area contributed by atoms with E-state index >= 15 is 0 Å². The molecule has 0 saturated heterocycles. The van der Waals surface area contributed by atoms with Crippen molar-refractivity contribution in [1.82, 2.24) is 0 Å². The molecular formula is C65H56N2. The number of hydrogen-bond donors (Lipinski definition) is 0. The summed E-state index contributed by atoms with van der Waals surface area (Å²) in [5.41, 5.74) is 23.5. The number of hydrogen-bond acceptors (Lipinski definition) is 2. The molecule has 1 saturated carbocycles. The maximum absolute atomic E-state index is 2.74. The SMILES string of the molecule is CC1(C)c2ccccc2-c2cccc(N(C3=CC=CC4C3c3ccccc3N4c3ccccc3)c3ccc(C4C=C5C(=CC4)c4ccccc4[C@@]54c5ccccc5C5CCCCCC54)cc3)c21. The van der Waals surface area contributed by atoms with E-state index in [1.165, 1.54) is 105 Å². The Morgan fingerprint density at radius 2 is 1.30 bits per heavy atom. The van der Waals surface area contributed by atoms with Crippen LogP contribution in [0.1, 0.15) is 115 Å². The molecule has 0 radical (unpaired) electrons. The summed E-state index contributed by atoms with van der Waals surface area (Å²) in [5.74, 6) is 1.62. The van der Waals surface area contributed by atoms with Crippen molar-refractivity contribution in [3.8, 4) is 11.1 Å². The largest absolute Gasteiger partial charge is 0.333 e. The molecular weight excluding hydrogens is 809 g/mol. The van der Waals surface area contributed by atoms with Gasteiger partial charge < -0.3 is 9.80 Å². The Morgan fingerprint density at radius 3 is 2.15 bits per heavy atom. The fourth-order valence-corrected chi connectivity index (χ4v) is 14.8. The van der Waals surface area contributed by atoms with Crippen LogP contribution in [-0.2, 0) is 10.8 Å². The highest BCUT2D eigenvalue weighted by Gasteiger charge is 2.59. The molecule has 1 aliphatic heterocycles. The summed E-state index contributed by atoms with van der Waals surface area (Å²) >= 11 is 0. The number of para-hydroxylation sites is 2. The summed E-state index contributed by atoms with van der Waals surface area (Å²) in [7, 11) is 0. The Hall–Kier alpha value is -6.90. The fourth-order valence-electron chi connectivity index (χ4n) is 14.8. The van der Waals surface area contributed by atoms with Gasteiger partial charge >= 0.3 is 0 Å². The number of fused-ring (bicyclic) bond motifs is 16. The van der Waals surface area contributed by atoms with E-state index in [0.29, 0.717) is 17.8 Å². The molecule has 67 heavy (non-hydrogen) atoms. The second-order valence-electron chi connectivity index (χ2n) is 20.8. The summed E-state index contributed by atoms with van der Waals surface area (Å²) in [6.07, 6.45) is 20.1. The molecule has 1 heterocycles. The van der Waals surface area contributed by atoms with E-state index in [-0.39, 0.29) is 22.8 Å². The van der Waals surface area contributed by atoms with Gasteiger partial charge in [0, 0.05) is 39.5 Å². The third-order valence-corrected chi connectivity index (χ3v) is 17.4. The van der Waals surface area contributed by atoms with E-state index in [0.717, 1.165) is 6.42 Å². The fraction of sp³-hybridized carbons (Fsp3) is 0.231. The van der Waals surface area contributed by atoms with Crippen LogP contribution in [0, 0.1) is 5.92 Å². The van der Waals surface area contributed by atoms with Gasteiger partial charge in [0.05, 0.1) is 17.6 Å². The van der Waals surface area contributed by atoms with E-state index in [1.54, 1.807) is 22.3 Å². The Labute approximate surface area is 396 Å². The Balaban J connectivity index is 0.911. The quantitative estimate of drug-likeness (QED) is 0.170. The minimum absolute atomic E-state index is 0.0930. The third kappa shape index (κ3) is 5.45. The van der Waals surface area contributed by atoms with E-state index < -0.39 is 0 Å².